The van der Waals surface area contributed by atoms with Crippen LogP contribution in [0.1, 0.15) is 5.56 Å². The van der Waals surface area contributed by atoms with Crippen LogP contribution in [0.2, 0.25) is 0 Å². The molecule has 1 nitrogen and oxygen atoms in total. The molecule has 0 aliphatic carbocycles. The molecule has 0 spiro atoms. The molecule has 0 saturated carbocycles. The Bertz CT molecular complexity index is 198. The summed E-state index contributed by atoms with van der Waals surface area (Å²) in [4.78, 5) is 0. The Labute approximate surface area is 71.9 Å². The van der Waals surface area contributed by atoms with Crippen LogP contribution in [0.15, 0.2) is 30.3 Å². The van der Waals surface area contributed by atoms with E-state index in [0.29, 0.717) is 12.0 Å². The van der Waals surface area contributed by atoms with E-state index in [1.54, 1.807) is 7.11 Å². The third-order valence-electron chi connectivity index (χ3n) is 1.41. The fourth-order valence-electron chi connectivity index (χ4n) is 0.829. The van der Waals surface area contributed by atoms with Crippen molar-refractivity contribution in [3.8, 4) is 0 Å². The number of ether oxygens (including phenoxy) is 1. The van der Waals surface area contributed by atoms with E-state index in [-0.39, 0.29) is 0 Å². The molecule has 0 fully saturated rings. The Morgan fingerprint density at radius 2 is 2.00 bits per heavy atom. The van der Waals surface area contributed by atoms with Crippen LogP contribution in [0.3, 0.4) is 0 Å². The highest BCUT2D eigenvalue weighted by molar-refractivity contribution is 6.25. The SMILES string of the molecule is CO[C](Cl)Cc1ccccc1. The topological polar surface area (TPSA) is 9.23 Å². The van der Waals surface area contributed by atoms with E-state index in [1.165, 1.54) is 5.56 Å². The second-order valence-corrected chi connectivity index (χ2v) is 2.64. The zero-order valence-electron chi connectivity index (χ0n) is 6.38. The molecule has 1 aromatic carbocycles. The first-order valence-corrected chi connectivity index (χ1v) is 3.80. The summed E-state index contributed by atoms with van der Waals surface area (Å²) in [6, 6.07) is 9.97. The molecule has 0 heterocycles. The number of benzene rings is 1. The van der Waals surface area contributed by atoms with E-state index in [0.717, 1.165) is 0 Å². The van der Waals surface area contributed by atoms with Crippen molar-refractivity contribution in [2.75, 3.05) is 7.11 Å². The predicted molar refractivity (Wildman–Crippen MR) is 46.3 cm³/mol. The highest BCUT2D eigenvalue weighted by Crippen LogP contribution is 2.14. The molecule has 0 bridgehead atoms. The van der Waals surface area contributed by atoms with Gasteiger partial charge in [-0.2, -0.15) is 0 Å². The van der Waals surface area contributed by atoms with Crippen molar-refractivity contribution in [2.24, 2.45) is 0 Å². The fourth-order valence-corrected chi connectivity index (χ4v) is 0.983. The summed E-state index contributed by atoms with van der Waals surface area (Å²) in [5.74, 6) is 0. The largest absolute Gasteiger partial charge is 0.358 e. The van der Waals surface area contributed by atoms with Gasteiger partial charge in [0, 0.05) is 13.5 Å². The van der Waals surface area contributed by atoms with Gasteiger partial charge >= 0.3 is 0 Å². The van der Waals surface area contributed by atoms with Crippen LogP contribution in [0, 0.1) is 5.56 Å². The number of halogens is 1. The lowest BCUT2D eigenvalue weighted by atomic mass is 10.2. The van der Waals surface area contributed by atoms with Gasteiger partial charge in [-0.15, -0.1) is 0 Å². The van der Waals surface area contributed by atoms with E-state index in [1.807, 2.05) is 30.3 Å². The molecular formula is C9H10ClO. The molecule has 0 aromatic heterocycles. The first kappa shape index (κ1) is 8.57. The van der Waals surface area contributed by atoms with Crippen LogP contribution in [0.25, 0.3) is 0 Å². The molecule has 0 unspecified atom stereocenters. The molecule has 1 rings (SSSR count). The second kappa shape index (κ2) is 4.37. The maximum atomic E-state index is 5.69. The standard InChI is InChI=1S/C9H10ClO/c1-11-9(10)7-8-5-3-2-4-6-8/h2-6H,7H2,1H3. The summed E-state index contributed by atoms with van der Waals surface area (Å²) in [5, 5.41) is 0. The van der Waals surface area contributed by atoms with Gasteiger partial charge in [0.15, 0.2) is 5.56 Å². The van der Waals surface area contributed by atoms with Gasteiger partial charge in [-0.1, -0.05) is 41.9 Å². The molecule has 11 heavy (non-hydrogen) atoms. The summed E-state index contributed by atoms with van der Waals surface area (Å²) in [7, 11) is 1.57. The Balaban J connectivity index is 2.51. The number of hydrogen-bond donors (Lipinski definition) is 0. The quantitative estimate of drug-likeness (QED) is 0.676. The molecule has 59 valence electrons. The summed E-state index contributed by atoms with van der Waals surface area (Å²) in [6.45, 7) is 0. The van der Waals surface area contributed by atoms with Crippen molar-refractivity contribution in [2.45, 2.75) is 6.42 Å². The van der Waals surface area contributed by atoms with E-state index in [9.17, 15) is 0 Å². The van der Waals surface area contributed by atoms with Gasteiger partial charge in [0.05, 0.1) is 0 Å². The van der Waals surface area contributed by atoms with Crippen LogP contribution in [-0.2, 0) is 11.2 Å². The van der Waals surface area contributed by atoms with Gasteiger partial charge < -0.3 is 4.74 Å². The average Bonchev–Trinajstić information content (AvgIpc) is 2.06. The van der Waals surface area contributed by atoms with Crippen LogP contribution in [-0.4, -0.2) is 7.11 Å². The van der Waals surface area contributed by atoms with E-state index in [4.69, 9.17) is 16.3 Å². The summed E-state index contributed by atoms with van der Waals surface area (Å²) in [5.41, 5.74) is 1.69. The number of rotatable bonds is 3. The van der Waals surface area contributed by atoms with Crippen molar-refractivity contribution in [3.63, 3.8) is 0 Å². The molecule has 1 radical (unpaired) electrons. The van der Waals surface area contributed by atoms with Crippen molar-refractivity contribution < 1.29 is 4.74 Å². The van der Waals surface area contributed by atoms with Crippen molar-refractivity contribution >= 4 is 11.6 Å². The lowest BCUT2D eigenvalue weighted by molar-refractivity contribution is 0.249. The number of methoxy groups -OCH3 is 1. The van der Waals surface area contributed by atoms with Gasteiger partial charge in [0.25, 0.3) is 0 Å². The maximum absolute atomic E-state index is 5.69. The van der Waals surface area contributed by atoms with E-state index >= 15 is 0 Å². The summed E-state index contributed by atoms with van der Waals surface area (Å²) < 4.78 is 4.84. The van der Waals surface area contributed by atoms with E-state index < -0.39 is 0 Å². The fraction of sp³-hybridized carbons (Fsp3) is 0.222. The van der Waals surface area contributed by atoms with Crippen LogP contribution in [0.5, 0.6) is 0 Å². The van der Waals surface area contributed by atoms with Gasteiger partial charge in [0.2, 0.25) is 0 Å². The minimum atomic E-state index is 0.524. The first-order chi connectivity index (χ1) is 5.33. The number of hydrogen-bond acceptors (Lipinski definition) is 1. The zero-order chi connectivity index (χ0) is 8.10. The van der Waals surface area contributed by atoms with Crippen LogP contribution < -0.4 is 0 Å². The van der Waals surface area contributed by atoms with Gasteiger partial charge in [-0.05, 0) is 5.56 Å². The first-order valence-electron chi connectivity index (χ1n) is 3.42. The molecule has 0 aliphatic rings. The minimum Gasteiger partial charge on any atom is -0.358 e. The minimum absolute atomic E-state index is 0.524. The molecule has 0 amide bonds. The van der Waals surface area contributed by atoms with Gasteiger partial charge in [-0.3, -0.25) is 0 Å². The van der Waals surface area contributed by atoms with Crippen LogP contribution >= 0.6 is 11.6 Å². The molecule has 1 aromatic rings. The van der Waals surface area contributed by atoms with Crippen molar-refractivity contribution in [1.82, 2.24) is 0 Å². The Morgan fingerprint density at radius 3 is 2.55 bits per heavy atom. The average molecular weight is 170 g/mol. The van der Waals surface area contributed by atoms with Crippen molar-refractivity contribution in [1.29, 1.82) is 0 Å². The molecule has 0 N–H and O–H groups in total. The van der Waals surface area contributed by atoms with E-state index in [2.05, 4.69) is 0 Å². The van der Waals surface area contributed by atoms with Crippen molar-refractivity contribution in [3.05, 3.63) is 41.5 Å². The molecule has 0 aliphatic heterocycles. The second-order valence-electron chi connectivity index (χ2n) is 2.22. The monoisotopic (exact) mass is 169 g/mol. The molecule has 0 saturated heterocycles. The van der Waals surface area contributed by atoms with Crippen LogP contribution in [0.4, 0.5) is 0 Å². The highest BCUT2D eigenvalue weighted by atomic mass is 35.5. The molecule has 0 atom stereocenters. The third-order valence-corrected chi connectivity index (χ3v) is 1.70. The smallest absolute Gasteiger partial charge is 0.188 e. The van der Waals surface area contributed by atoms with Gasteiger partial charge in [-0.25, -0.2) is 0 Å². The zero-order valence-corrected chi connectivity index (χ0v) is 7.14. The highest BCUT2D eigenvalue weighted by Gasteiger charge is 2.03. The predicted octanol–water partition coefficient (Wildman–Crippen LogP) is 2.60. The molecule has 2 heteroatoms. The third kappa shape index (κ3) is 2.91. The Kier molecular flexibility index (Phi) is 3.40. The lowest BCUT2D eigenvalue weighted by Crippen LogP contribution is -1.95. The summed E-state index contributed by atoms with van der Waals surface area (Å²) in [6.07, 6.45) is 0.679. The summed E-state index contributed by atoms with van der Waals surface area (Å²) >= 11 is 5.69. The van der Waals surface area contributed by atoms with Gasteiger partial charge in [0.1, 0.15) is 0 Å². The Hall–Kier alpha value is -0.530. The maximum Gasteiger partial charge on any atom is 0.188 e. The molecular weight excluding hydrogens is 160 g/mol. The normalized spacial score (nSPS) is 10.5. The lowest BCUT2D eigenvalue weighted by Gasteiger charge is -2.04. The Morgan fingerprint density at radius 1 is 1.36 bits per heavy atom.